The summed E-state index contributed by atoms with van der Waals surface area (Å²) in [6.45, 7) is 1.67. The second kappa shape index (κ2) is 5.45. The van der Waals surface area contributed by atoms with Gasteiger partial charge in [0, 0.05) is 18.6 Å². The number of carbonyl (C=O) groups excluding carboxylic acids is 1. The van der Waals surface area contributed by atoms with Gasteiger partial charge in [-0.3, -0.25) is 4.79 Å². The molecule has 0 bridgehead atoms. The van der Waals surface area contributed by atoms with E-state index < -0.39 is 9.84 Å². The molecule has 0 saturated heterocycles. The minimum absolute atomic E-state index is 0.227. The van der Waals surface area contributed by atoms with Crippen molar-refractivity contribution in [1.29, 1.82) is 0 Å². The molecule has 0 aromatic heterocycles. The Hall–Kier alpha value is -0.640. The number of Topliss-reactive ketones (excluding diaryl/α,β-unsaturated/α-hetero) is 1. The van der Waals surface area contributed by atoms with Crippen LogP contribution in [0.4, 0.5) is 0 Å². The highest BCUT2D eigenvalue weighted by atomic mass is 32.2. The topological polar surface area (TPSA) is 51.2 Å². The monoisotopic (exact) mass is 230 g/mol. The first-order valence-electron chi connectivity index (χ1n) is 5.43. The van der Waals surface area contributed by atoms with Crippen molar-refractivity contribution in [3.05, 3.63) is 11.6 Å². The quantitative estimate of drug-likeness (QED) is 0.678. The summed E-state index contributed by atoms with van der Waals surface area (Å²) < 4.78 is 22.4. The van der Waals surface area contributed by atoms with Crippen LogP contribution in [0.2, 0.25) is 0 Å². The van der Waals surface area contributed by atoms with Crippen molar-refractivity contribution in [2.75, 3.05) is 11.5 Å². The van der Waals surface area contributed by atoms with Crippen LogP contribution in [0, 0.1) is 0 Å². The number of sulfone groups is 1. The van der Waals surface area contributed by atoms with E-state index in [-0.39, 0.29) is 11.5 Å². The van der Waals surface area contributed by atoms with E-state index in [1.54, 1.807) is 6.92 Å². The molecular formula is C11H18O3S. The van der Waals surface area contributed by atoms with Crippen molar-refractivity contribution in [2.24, 2.45) is 0 Å². The van der Waals surface area contributed by atoms with Gasteiger partial charge in [0.05, 0.1) is 5.75 Å². The smallest absolute Gasteiger partial charge is 0.150 e. The Balaban J connectivity index is 2.30. The zero-order valence-corrected chi connectivity index (χ0v) is 9.98. The third-order valence-corrected chi connectivity index (χ3v) is 4.53. The van der Waals surface area contributed by atoms with Crippen molar-refractivity contribution in [3.63, 3.8) is 0 Å². The van der Waals surface area contributed by atoms with Gasteiger partial charge in [0.15, 0.2) is 0 Å². The number of allylic oxidation sites excluding steroid dienone is 2. The Labute approximate surface area is 91.5 Å². The molecule has 0 fully saturated rings. The highest BCUT2D eigenvalue weighted by Gasteiger charge is 2.11. The summed E-state index contributed by atoms with van der Waals surface area (Å²) in [5.41, 5.74) is 1.25. The molecule has 0 radical (unpaired) electrons. The van der Waals surface area contributed by atoms with Gasteiger partial charge in [-0.1, -0.05) is 18.6 Å². The van der Waals surface area contributed by atoms with Crippen LogP contribution in [-0.2, 0) is 14.6 Å². The van der Waals surface area contributed by atoms with Gasteiger partial charge in [0.2, 0.25) is 0 Å². The molecule has 15 heavy (non-hydrogen) atoms. The van der Waals surface area contributed by atoms with E-state index in [1.807, 2.05) is 6.08 Å². The Morgan fingerprint density at radius 2 is 2.07 bits per heavy atom. The first-order chi connectivity index (χ1) is 7.03. The largest absolute Gasteiger partial charge is 0.299 e. The number of rotatable bonds is 5. The molecule has 0 N–H and O–H groups in total. The molecule has 0 aliphatic heterocycles. The van der Waals surface area contributed by atoms with Crippen LogP contribution in [0.15, 0.2) is 11.6 Å². The lowest BCUT2D eigenvalue weighted by Gasteiger charge is -2.11. The zero-order chi connectivity index (χ0) is 11.3. The van der Waals surface area contributed by atoms with Crippen molar-refractivity contribution in [3.8, 4) is 0 Å². The van der Waals surface area contributed by atoms with Crippen LogP contribution in [0.1, 0.15) is 39.0 Å². The van der Waals surface area contributed by atoms with Crippen LogP contribution in [0.5, 0.6) is 0 Å². The molecule has 0 atom stereocenters. The third-order valence-electron chi connectivity index (χ3n) is 2.74. The predicted molar refractivity (Wildman–Crippen MR) is 60.5 cm³/mol. The highest BCUT2D eigenvalue weighted by Crippen LogP contribution is 2.19. The Kier molecular flexibility index (Phi) is 4.51. The molecular weight excluding hydrogens is 212 g/mol. The molecule has 1 aliphatic carbocycles. The Morgan fingerprint density at radius 1 is 1.33 bits per heavy atom. The minimum atomic E-state index is -2.83. The summed E-state index contributed by atoms with van der Waals surface area (Å²) in [4.78, 5) is 10.9. The van der Waals surface area contributed by atoms with Gasteiger partial charge in [-0.25, -0.2) is 8.42 Å². The summed E-state index contributed by atoms with van der Waals surface area (Å²) in [6.07, 6.45) is 5.47. The highest BCUT2D eigenvalue weighted by molar-refractivity contribution is 7.91. The minimum Gasteiger partial charge on any atom is -0.299 e. The van der Waals surface area contributed by atoms with Crippen LogP contribution in [0.3, 0.4) is 0 Å². The molecule has 0 saturated carbocycles. The average Bonchev–Trinajstić information content (AvgIpc) is 2.21. The van der Waals surface area contributed by atoms with Crippen molar-refractivity contribution >= 4 is 15.6 Å². The molecule has 86 valence electrons. The van der Waals surface area contributed by atoms with Crippen molar-refractivity contribution in [1.82, 2.24) is 0 Å². The zero-order valence-electron chi connectivity index (χ0n) is 9.16. The first-order valence-corrected chi connectivity index (χ1v) is 7.25. The normalized spacial score (nSPS) is 17.7. The molecule has 1 rings (SSSR count). The van der Waals surface area contributed by atoms with Gasteiger partial charge < -0.3 is 0 Å². The number of carbonyl (C=O) groups is 1. The number of hydrogen-bond donors (Lipinski definition) is 0. The average molecular weight is 230 g/mol. The molecule has 0 aromatic carbocycles. The fourth-order valence-electron chi connectivity index (χ4n) is 1.65. The summed E-state index contributed by atoms with van der Waals surface area (Å²) in [5, 5.41) is 0. The molecule has 4 heteroatoms. The number of ketones is 1. The van der Waals surface area contributed by atoms with Crippen LogP contribution in [0.25, 0.3) is 0 Å². The fourth-order valence-corrected chi connectivity index (χ4v) is 2.53. The van der Waals surface area contributed by atoms with E-state index in [4.69, 9.17) is 0 Å². The molecule has 0 spiro atoms. The van der Waals surface area contributed by atoms with Crippen LogP contribution >= 0.6 is 0 Å². The molecule has 3 nitrogen and oxygen atoms in total. The molecule has 1 aliphatic rings. The lowest BCUT2D eigenvalue weighted by molar-refractivity contribution is -0.118. The predicted octanol–water partition coefficient (Wildman–Crippen LogP) is 1.88. The standard InChI is InChI=1S/C11H18O3S/c1-2-15(13,14)9-3-4-10-5-7-11(12)8-6-10/h5H,2-4,6-9H2,1H3. The van der Waals surface area contributed by atoms with Crippen molar-refractivity contribution < 1.29 is 13.2 Å². The molecule has 0 heterocycles. The molecule has 0 aromatic rings. The third kappa shape index (κ3) is 4.60. The second-order valence-corrected chi connectivity index (χ2v) is 6.42. The second-order valence-electron chi connectivity index (χ2n) is 3.95. The van der Waals surface area contributed by atoms with E-state index in [0.717, 1.165) is 12.8 Å². The summed E-state index contributed by atoms with van der Waals surface area (Å²) in [6, 6.07) is 0. The van der Waals surface area contributed by atoms with E-state index in [0.29, 0.717) is 25.0 Å². The summed E-state index contributed by atoms with van der Waals surface area (Å²) in [5.74, 6) is 0.791. The first kappa shape index (κ1) is 12.4. The Bertz CT molecular complexity index is 352. The molecule has 0 unspecified atom stereocenters. The van der Waals surface area contributed by atoms with Gasteiger partial charge in [0.25, 0.3) is 0 Å². The van der Waals surface area contributed by atoms with E-state index in [9.17, 15) is 13.2 Å². The van der Waals surface area contributed by atoms with Crippen LogP contribution in [-0.4, -0.2) is 25.7 Å². The Morgan fingerprint density at radius 3 is 2.60 bits per heavy atom. The van der Waals surface area contributed by atoms with E-state index in [1.165, 1.54) is 5.57 Å². The van der Waals surface area contributed by atoms with Crippen LogP contribution < -0.4 is 0 Å². The maximum Gasteiger partial charge on any atom is 0.150 e. The lowest BCUT2D eigenvalue weighted by atomic mass is 9.95. The van der Waals surface area contributed by atoms with Gasteiger partial charge in [-0.05, 0) is 19.3 Å². The maximum atomic E-state index is 11.2. The number of hydrogen-bond acceptors (Lipinski definition) is 3. The summed E-state index contributed by atoms with van der Waals surface area (Å²) >= 11 is 0. The SMILES string of the molecule is CCS(=O)(=O)CCCC1=CCC(=O)CC1. The maximum absolute atomic E-state index is 11.2. The summed E-state index contributed by atoms with van der Waals surface area (Å²) in [7, 11) is -2.83. The van der Waals surface area contributed by atoms with Gasteiger partial charge in [0.1, 0.15) is 15.6 Å². The van der Waals surface area contributed by atoms with E-state index >= 15 is 0 Å². The fraction of sp³-hybridized carbons (Fsp3) is 0.727. The van der Waals surface area contributed by atoms with Gasteiger partial charge in [-0.15, -0.1) is 0 Å². The van der Waals surface area contributed by atoms with Gasteiger partial charge >= 0.3 is 0 Å². The lowest BCUT2D eigenvalue weighted by Crippen LogP contribution is -2.09. The molecule has 0 amide bonds. The van der Waals surface area contributed by atoms with Gasteiger partial charge in [-0.2, -0.15) is 0 Å². The van der Waals surface area contributed by atoms with E-state index in [2.05, 4.69) is 0 Å². The van der Waals surface area contributed by atoms with Crippen molar-refractivity contribution in [2.45, 2.75) is 39.0 Å².